The molecule has 0 aliphatic rings. The van der Waals surface area contributed by atoms with Gasteiger partial charge in [-0.3, -0.25) is 4.79 Å². The third kappa shape index (κ3) is 4.09. The zero-order valence-electron chi connectivity index (χ0n) is 14.6. The van der Waals surface area contributed by atoms with Crippen LogP contribution in [-0.2, 0) is 11.3 Å². The van der Waals surface area contributed by atoms with Gasteiger partial charge in [-0.05, 0) is 42.7 Å². The van der Waals surface area contributed by atoms with Crippen LogP contribution in [0.4, 0.5) is 0 Å². The van der Waals surface area contributed by atoms with E-state index in [1.165, 1.54) is 15.9 Å². The third-order valence-corrected chi connectivity index (χ3v) is 4.18. The summed E-state index contributed by atoms with van der Waals surface area (Å²) in [5.74, 6) is 0.360. The van der Waals surface area contributed by atoms with E-state index in [9.17, 15) is 4.79 Å². The third-order valence-electron chi connectivity index (χ3n) is 4.18. The molecule has 1 amide bonds. The number of carbonyl (C=O) groups is 1. The average molecular weight is 335 g/mol. The lowest BCUT2D eigenvalue weighted by atomic mass is 10.0. The van der Waals surface area contributed by atoms with Crippen LogP contribution in [0.5, 0.6) is 0 Å². The summed E-state index contributed by atoms with van der Waals surface area (Å²) in [6.07, 6.45) is 0. The molecule has 0 aliphatic heterocycles. The van der Waals surface area contributed by atoms with Gasteiger partial charge < -0.3 is 5.32 Å². The molecule has 3 rings (SSSR count). The van der Waals surface area contributed by atoms with Crippen molar-refractivity contribution < 1.29 is 4.79 Å². The minimum atomic E-state index is -0.150. The maximum absolute atomic E-state index is 12.3. The quantitative estimate of drug-likeness (QED) is 0.778. The Hall–Kier alpha value is -3.02. The van der Waals surface area contributed by atoms with Gasteiger partial charge in [0.05, 0.1) is 6.04 Å². The lowest BCUT2D eigenvalue weighted by molar-refractivity contribution is -0.122. The van der Waals surface area contributed by atoms with Gasteiger partial charge in [-0.25, -0.2) is 0 Å². The van der Waals surface area contributed by atoms with Crippen molar-refractivity contribution in [2.75, 3.05) is 0 Å². The van der Waals surface area contributed by atoms with Crippen LogP contribution < -0.4 is 5.32 Å². The van der Waals surface area contributed by atoms with Gasteiger partial charge in [-0.1, -0.05) is 48.5 Å². The topological polar surface area (TPSA) is 72.7 Å². The molecule has 2 aromatic carbocycles. The summed E-state index contributed by atoms with van der Waals surface area (Å²) < 4.78 is 0. The molecule has 0 radical (unpaired) electrons. The Balaban J connectivity index is 1.62. The SMILES string of the molecule is Cc1ccc([C@@H](C)NC(=O)Cn2nnc(-c3ccccc3)n2)cc1C. The smallest absolute Gasteiger partial charge is 0.244 e. The molecule has 0 unspecified atom stereocenters. The average Bonchev–Trinajstić information content (AvgIpc) is 3.06. The highest BCUT2D eigenvalue weighted by Gasteiger charge is 2.13. The van der Waals surface area contributed by atoms with Gasteiger partial charge in [-0.2, -0.15) is 4.80 Å². The number of tetrazole rings is 1. The summed E-state index contributed by atoms with van der Waals surface area (Å²) in [7, 11) is 0. The van der Waals surface area contributed by atoms with E-state index in [-0.39, 0.29) is 18.5 Å². The van der Waals surface area contributed by atoms with Gasteiger partial charge in [0.2, 0.25) is 11.7 Å². The molecule has 6 nitrogen and oxygen atoms in total. The Labute approximate surface area is 146 Å². The predicted octanol–water partition coefficient (Wildman–Crippen LogP) is 2.83. The number of aromatic nitrogens is 4. The molecule has 1 N–H and O–H groups in total. The molecular weight excluding hydrogens is 314 g/mol. The summed E-state index contributed by atoms with van der Waals surface area (Å²) in [6, 6.07) is 15.7. The van der Waals surface area contributed by atoms with Crippen molar-refractivity contribution in [3.63, 3.8) is 0 Å². The van der Waals surface area contributed by atoms with Crippen molar-refractivity contribution in [1.82, 2.24) is 25.5 Å². The highest BCUT2D eigenvalue weighted by molar-refractivity contribution is 5.76. The van der Waals surface area contributed by atoms with Crippen LogP contribution >= 0.6 is 0 Å². The molecule has 25 heavy (non-hydrogen) atoms. The first-order valence-electron chi connectivity index (χ1n) is 8.22. The van der Waals surface area contributed by atoms with E-state index < -0.39 is 0 Å². The fourth-order valence-electron chi connectivity index (χ4n) is 2.55. The van der Waals surface area contributed by atoms with E-state index in [2.05, 4.69) is 46.7 Å². The van der Waals surface area contributed by atoms with Gasteiger partial charge in [0.25, 0.3) is 0 Å². The second kappa shape index (κ2) is 7.25. The van der Waals surface area contributed by atoms with Gasteiger partial charge in [0.1, 0.15) is 6.54 Å². The molecule has 0 saturated carbocycles. The Bertz CT molecular complexity index is 873. The predicted molar refractivity (Wildman–Crippen MR) is 95.7 cm³/mol. The molecule has 0 saturated heterocycles. The molecule has 0 fully saturated rings. The number of aryl methyl sites for hydroxylation is 2. The van der Waals surface area contributed by atoms with E-state index in [0.29, 0.717) is 5.82 Å². The maximum atomic E-state index is 12.3. The zero-order valence-corrected chi connectivity index (χ0v) is 14.6. The molecule has 128 valence electrons. The van der Waals surface area contributed by atoms with Crippen LogP contribution in [0, 0.1) is 13.8 Å². The number of hydrogen-bond donors (Lipinski definition) is 1. The van der Waals surface area contributed by atoms with Crippen LogP contribution in [0.15, 0.2) is 48.5 Å². The minimum Gasteiger partial charge on any atom is -0.348 e. The first kappa shape index (κ1) is 16.8. The van der Waals surface area contributed by atoms with Crippen molar-refractivity contribution in [2.24, 2.45) is 0 Å². The Morgan fingerprint density at radius 3 is 2.60 bits per heavy atom. The van der Waals surface area contributed by atoms with Crippen molar-refractivity contribution in [1.29, 1.82) is 0 Å². The number of rotatable bonds is 5. The van der Waals surface area contributed by atoms with E-state index in [1.807, 2.05) is 43.3 Å². The Morgan fingerprint density at radius 2 is 1.88 bits per heavy atom. The highest BCUT2D eigenvalue weighted by Crippen LogP contribution is 2.17. The number of nitrogens with zero attached hydrogens (tertiary/aromatic N) is 4. The number of nitrogens with one attached hydrogen (secondary N) is 1. The molecular formula is C19H21N5O. The Kier molecular flexibility index (Phi) is 4.88. The molecule has 1 atom stereocenters. The molecule has 0 bridgehead atoms. The first-order valence-corrected chi connectivity index (χ1v) is 8.22. The van der Waals surface area contributed by atoms with Crippen LogP contribution in [0.1, 0.15) is 29.7 Å². The summed E-state index contributed by atoms with van der Waals surface area (Å²) in [5.41, 5.74) is 4.40. The normalized spacial score (nSPS) is 12.0. The van der Waals surface area contributed by atoms with Gasteiger partial charge >= 0.3 is 0 Å². The number of benzene rings is 2. The summed E-state index contributed by atoms with van der Waals surface area (Å²) in [5, 5.41) is 15.2. The van der Waals surface area contributed by atoms with Crippen LogP contribution in [0.3, 0.4) is 0 Å². The number of hydrogen-bond acceptors (Lipinski definition) is 4. The van der Waals surface area contributed by atoms with E-state index in [1.54, 1.807) is 0 Å². The minimum absolute atomic E-state index is 0.0367. The second-order valence-electron chi connectivity index (χ2n) is 6.14. The monoisotopic (exact) mass is 335 g/mol. The molecule has 1 aromatic heterocycles. The van der Waals surface area contributed by atoms with Gasteiger partial charge in [0, 0.05) is 5.56 Å². The Morgan fingerprint density at radius 1 is 1.12 bits per heavy atom. The van der Waals surface area contributed by atoms with Crippen molar-refractivity contribution in [2.45, 2.75) is 33.4 Å². The maximum Gasteiger partial charge on any atom is 0.244 e. The number of carbonyl (C=O) groups excluding carboxylic acids is 1. The van der Waals surface area contributed by atoms with E-state index >= 15 is 0 Å². The fourth-order valence-corrected chi connectivity index (χ4v) is 2.55. The second-order valence-corrected chi connectivity index (χ2v) is 6.14. The van der Waals surface area contributed by atoms with Crippen molar-refractivity contribution in [3.05, 3.63) is 65.2 Å². The van der Waals surface area contributed by atoms with Gasteiger partial charge in [-0.15, -0.1) is 10.2 Å². The summed E-state index contributed by atoms with van der Waals surface area (Å²) in [4.78, 5) is 13.6. The molecule has 6 heteroatoms. The van der Waals surface area contributed by atoms with Crippen molar-refractivity contribution >= 4 is 5.91 Å². The van der Waals surface area contributed by atoms with Gasteiger partial charge in [0.15, 0.2) is 0 Å². The largest absolute Gasteiger partial charge is 0.348 e. The van der Waals surface area contributed by atoms with E-state index in [0.717, 1.165) is 11.1 Å². The summed E-state index contributed by atoms with van der Waals surface area (Å²) >= 11 is 0. The molecule has 0 spiro atoms. The highest BCUT2D eigenvalue weighted by atomic mass is 16.2. The molecule has 3 aromatic rings. The standard InChI is InChI=1S/C19H21N5O/c1-13-9-10-17(11-14(13)2)15(3)20-18(25)12-24-22-19(21-23-24)16-7-5-4-6-8-16/h4-11,15H,12H2,1-3H3,(H,20,25)/t15-/m1/s1. The lowest BCUT2D eigenvalue weighted by Gasteiger charge is -2.15. The lowest BCUT2D eigenvalue weighted by Crippen LogP contribution is -2.30. The van der Waals surface area contributed by atoms with Crippen LogP contribution in [-0.4, -0.2) is 26.1 Å². The fraction of sp³-hybridized carbons (Fsp3) is 0.263. The molecule has 1 heterocycles. The van der Waals surface area contributed by atoms with Crippen molar-refractivity contribution in [3.8, 4) is 11.4 Å². The van der Waals surface area contributed by atoms with Crippen LogP contribution in [0.25, 0.3) is 11.4 Å². The molecule has 0 aliphatic carbocycles. The summed E-state index contributed by atoms with van der Waals surface area (Å²) in [6.45, 7) is 6.14. The number of amides is 1. The van der Waals surface area contributed by atoms with E-state index in [4.69, 9.17) is 0 Å². The van der Waals surface area contributed by atoms with Crippen LogP contribution in [0.2, 0.25) is 0 Å². The zero-order chi connectivity index (χ0) is 17.8. The first-order chi connectivity index (χ1) is 12.0.